The summed E-state index contributed by atoms with van der Waals surface area (Å²) in [5.41, 5.74) is 0.368. The number of rotatable bonds is 5. The average Bonchev–Trinajstić information content (AvgIpc) is 3.30. The molecule has 1 aliphatic heterocycles. The number of carbonyl (C=O) groups is 4. The van der Waals surface area contributed by atoms with E-state index < -0.39 is 19.1 Å². The van der Waals surface area contributed by atoms with Crippen LogP contribution in [0.15, 0.2) is 36.4 Å². The number of ketones is 1. The zero-order chi connectivity index (χ0) is 18.4. The van der Waals surface area contributed by atoms with Crippen LogP contribution >= 0.6 is 11.6 Å². The summed E-state index contributed by atoms with van der Waals surface area (Å²) in [6.07, 6.45) is 4.81. The van der Waals surface area contributed by atoms with Gasteiger partial charge in [0.1, 0.15) is 6.54 Å². The molecule has 4 atom stereocenters. The maximum absolute atomic E-state index is 12.5. The van der Waals surface area contributed by atoms with Crippen molar-refractivity contribution in [3.05, 3.63) is 47.0 Å². The van der Waals surface area contributed by atoms with Crippen LogP contribution in [0.5, 0.6) is 0 Å². The molecule has 134 valence electrons. The fraction of sp³-hybridized carbons (Fsp3) is 0.368. The average molecular weight is 374 g/mol. The molecule has 26 heavy (non-hydrogen) atoms. The van der Waals surface area contributed by atoms with Crippen molar-refractivity contribution in [2.24, 2.45) is 23.7 Å². The highest BCUT2D eigenvalue weighted by Crippen LogP contribution is 2.52. The quantitative estimate of drug-likeness (QED) is 0.340. The minimum atomic E-state index is -0.769. The van der Waals surface area contributed by atoms with Gasteiger partial charge in [0.2, 0.25) is 11.8 Å². The van der Waals surface area contributed by atoms with Gasteiger partial charge < -0.3 is 4.74 Å². The molecule has 1 saturated carbocycles. The zero-order valence-corrected chi connectivity index (χ0v) is 14.5. The molecule has 2 bridgehead atoms. The Morgan fingerprint density at radius 2 is 1.62 bits per heavy atom. The van der Waals surface area contributed by atoms with Crippen LogP contribution in [0.1, 0.15) is 16.8 Å². The first-order valence-corrected chi connectivity index (χ1v) is 8.81. The van der Waals surface area contributed by atoms with E-state index in [4.69, 9.17) is 16.3 Å². The van der Waals surface area contributed by atoms with Gasteiger partial charge >= 0.3 is 5.97 Å². The van der Waals surface area contributed by atoms with Gasteiger partial charge in [0.05, 0.1) is 11.8 Å². The normalized spacial score (nSPS) is 28.6. The van der Waals surface area contributed by atoms with Gasteiger partial charge in [-0.05, 0) is 42.5 Å². The fourth-order valence-electron chi connectivity index (χ4n) is 4.16. The number of fused-ring (bicyclic) bond motifs is 5. The van der Waals surface area contributed by atoms with Gasteiger partial charge in [0, 0.05) is 10.6 Å². The van der Waals surface area contributed by atoms with Crippen molar-refractivity contribution < 1.29 is 23.9 Å². The van der Waals surface area contributed by atoms with Gasteiger partial charge in [-0.1, -0.05) is 23.8 Å². The molecule has 0 unspecified atom stereocenters. The van der Waals surface area contributed by atoms with Gasteiger partial charge in [-0.15, -0.1) is 0 Å². The van der Waals surface area contributed by atoms with Gasteiger partial charge in [-0.25, -0.2) is 0 Å². The van der Waals surface area contributed by atoms with E-state index in [0.717, 1.165) is 11.3 Å². The first-order chi connectivity index (χ1) is 12.5. The summed E-state index contributed by atoms with van der Waals surface area (Å²) in [5, 5.41) is 0.499. The number of ether oxygens (including phenoxy) is 1. The summed E-state index contributed by atoms with van der Waals surface area (Å²) in [4.78, 5) is 50.0. The molecule has 0 N–H and O–H groups in total. The van der Waals surface area contributed by atoms with E-state index in [0.29, 0.717) is 10.6 Å². The van der Waals surface area contributed by atoms with Crippen molar-refractivity contribution >= 4 is 35.2 Å². The van der Waals surface area contributed by atoms with Crippen LogP contribution in [-0.2, 0) is 19.1 Å². The molecule has 1 aromatic carbocycles. The van der Waals surface area contributed by atoms with Crippen LogP contribution in [0.4, 0.5) is 0 Å². The Morgan fingerprint density at radius 3 is 2.19 bits per heavy atom. The molecule has 2 fully saturated rings. The Hall–Kier alpha value is -2.47. The molecule has 1 aromatic rings. The standard InChI is InChI=1S/C19H16ClNO5/c20-13-5-3-10(4-6-13)14(22)9-26-15(23)8-21-18(24)16-11-1-2-12(7-11)17(16)19(21)25/h1-6,11-12,16-17H,7-9H2/t11-,12-,16+,17+/m0/s1. The van der Waals surface area contributed by atoms with E-state index in [1.54, 1.807) is 12.1 Å². The fourth-order valence-corrected chi connectivity index (χ4v) is 4.29. The lowest BCUT2D eigenvalue weighted by atomic mass is 9.85. The third-order valence-corrected chi connectivity index (χ3v) is 5.63. The molecule has 4 rings (SSSR count). The smallest absolute Gasteiger partial charge is 0.326 e. The van der Waals surface area contributed by atoms with Gasteiger partial charge in [-0.3, -0.25) is 24.1 Å². The van der Waals surface area contributed by atoms with Crippen molar-refractivity contribution in [3.63, 3.8) is 0 Å². The number of imide groups is 1. The van der Waals surface area contributed by atoms with Gasteiger partial charge in [0.15, 0.2) is 12.4 Å². The molecule has 0 radical (unpaired) electrons. The highest BCUT2D eigenvalue weighted by atomic mass is 35.5. The summed E-state index contributed by atoms with van der Waals surface area (Å²) in [6.45, 7) is -0.894. The lowest BCUT2D eigenvalue weighted by molar-refractivity contribution is -0.152. The second kappa shape index (κ2) is 6.36. The number of esters is 1. The van der Waals surface area contributed by atoms with Crippen LogP contribution in [-0.4, -0.2) is 41.6 Å². The molecule has 1 heterocycles. The molecule has 7 heteroatoms. The predicted molar refractivity (Wildman–Crippen MR) is 91.2 cm³/mol. The Kier molecular flexibility index (Phi) is 4.15. The number of nitrogens with zero attached hydrogens (tertiary/aromatic N) is 1. The Morgan fingerprint density at radius 1 is 1.04 bits per heavy atom. The number of benzene rings is 1. The number of hydrogen-bond acceptors (Lipinski definition) is 5. The van der Waals surface area contributed by atoms with E-state index in [2.05, 4.69) is 0 Å². The second-order valence-corrected chi connectivity index (χ2v) is 7.29. The number of hydrogen-bond donors (Lipinski definition) is 0. The van der Waals surface area contributed by atoms with Crippen molar-refractivity contribution in [1.82, 2.24) is 4.90 Å². The lowest BCUT2D eigenvalue weighted by Gasteiger charge is -2.16. The number of likely N-dealkylation sites (tertiary alicyclic amines) is 1. The van der Waals surface area contributed by atoms with Crippen molar-refractivity contribution in [1.29, 1.82) is 0 Å². The third-order valence-electron chi connectivity index (χ3n) is 5.38. The summed E-state index contributed by atoms with van der Waals surface area (Å²) < 4.78 is 4.96. The van der Waals surface area contributed by atoms with Crippen molar-refractivity contribution in [2.45, 2.75) is 6.42 Å². The maximum Gasteiger partial charge on any atom is 0.326 e. The summed E-state index contributed by atoms with van der Waals surface area (Å²) in [6, 6.07) is 6.21. The Labute approximate surface area is 154 Å². The number of allylic oxidation sites excluding steroid dienone is 2. The number of amides is 2. The highest BCUT2D eigenvalue weighted by Gasteiger charge is 2.59. The molecular weight excluding hydrogens is 358 g/mol. The van der Waals surface area contributed by atoms with E-state index in [9.17, 15) is 19.2 Å². The summed E-state index contributed by atoms with van der Waals surface area (Å²) in [7, 11) is 0. The van der Waals surface area contributed by atoms with Crippen LogP contribution < -0.4 is 0 Å². The SMILES string of the molecule is O=C(CN1C(=O)[C@H]2[C@H](C1=O)[C@H]1C=C[C@H]2C1)OCC(=O)c1ccc(Cl)cc1. The van der Waals surface area contributed by atoms with E-state index in [1.807, 2.05) is 12.2 Å². The molecular formula is C19H16ClNO5. The third kappa shape index (κ3) is 2.74. The molecule has 0 aromatic heterocycles. The van der Waals surface area contributed by atoms with Crippen LogP contribution in [0.2, 0.25) is 5.02 Å². The Bertz CT molecular complexity index is 801. The van der Waals surface area contributed by atoms with Crippen molar-refractivity contribution in [3.8, 4) is 0 Å². The van der Waals surface area contributed by atoms with Crippen molar-refractivity contribution in [2.75, 3.05) is 13.2 Å². The summed E-state index contributed by atoms with van der Waals surface area (Å²) in [5.74, 6) is -2.27. The van der Waals surface area contributed by atoms with E-state index in [1.165, 1.54) is 12.1 Å². The van der Waals surface area contributed by atoms with E-state index in [-0.39, 0.29) is 41.3 Å². The largest absolute Gasteiger partial charge is 0.456 e. The first-order valence-electron chi connectivity index (χ1n) is 8.43. The molecule has 3 aliphatic rings. The van der Waals surface area contributed by atoms with Crippen LogP contribution in [0.25, 0.3) is 0 Å². The monoisotopic (exact) mass is 373 g/mol. The molecule has 0 spiro atoms. The minimum Gasteiger partial charge on any atom is -0.456 e. The molecule has 1 saturated heterocycles. The molecule has 2 aliphatic carbocycles. The maximum atomic E-state index is 12.5. The van der Waals surface area contributed by atoms with Gasteiger partial charge in [0.25, 0.3) is 0 Å². The first kappa shape index (κ1) is 17.0. The van der Waals surface area contributed by atoms with E-state index >= 15 is 0 Å². The summed E-state index contributed by atoms with van der Waals surface area (Å²) >= 11 is 5.76. The lowest BCUT2D eigenvalue weighted by Crippen LogP contribution is -2.38. The Balaban J connectivity index is 1.34. The molecule has 2 amide bonds. The number of carbonyl (C=O) groups excluding carboxylic acids is 4. The second-order valence-electron chi connectivity index (χ2n) is 6.85. The number of Topliss-reactive ketones (excluding diaryl/α,β-unsaturated/α-hetero) is 1. The predicted octanol–water partition coefficient (Wildman–Crippen LogP) is 1.87. The highest BCUT2D eigenvalue weighted by molar-refractivity contribution is 6.30. The topological polar surface area (TPSA) is 80.8 Å². The van der Waals surface area contributed by atoms with Gasteiger partial charge in [-0.2, -0.15) is 0 Å². The minimum absolute atomic E-state index is 0.0916. The zero-order valence-electron chi connectivity index (χ0n) is 13.8. The molecule has 6 nitrogen and oxygen atoms in total. The van der Waals surface area contributed by atoms with Crippen LogP contribution in [0, 0.1) is 23.7 Å². The number of halogens is 1. The van der Waals surface area contributed by atoms with Crippen LogP contribution in [0.3, 0.4) is 0 Å².